The van der Waals surface area contributed by atoms with Gasteiger partial charge in [-0.05, 0) is 48.1 Å². The molecule has 2 N–H and O–H groups in total. The van der Waals surface area contributed by atoms with Gasteiger partial charge in [-0.25, -0.2) is 8.42 Å². The van der Waals surface area contributed by atoms with Crippen LogP contribution in [0.1, 0.15) is 29.9 Å². The molecule has 0 atom stereocenters. The number of nitrogens with one attached hydrogen (secondary N) is 2. The van der Waals surface area contributed by atoms with Crippen LogP contribution in [-0.4, -0.2) is 14.3 Å². The summed E-state index contributed by atoms with van der Waals surface area (Å²) in [5.41, 5.74) is 2.84. The van der Waals surface area contributed by atoms with E-state index in [1.165, 1.54) is 0 Å². The Hall–Kier alpha value is -2.34. The largest absolute Gasteiger partial charge is 0.324 e. The molecule has 1 saturated carbocycles. The summed E-state index contributed by atoms with van der Waals surface area (Å²) in [5, 5.41) is 2.71. The SMILES string of the molecule is O=C1Cc2cccc(NS(=O)(=O)c3cccc(C4CC4)c3)c2N1. The maximum absolute atomic E-state index is 12.7. The van der Waals surface area contributed by atoms with Gasteiger partial charge in [0.2, 0.25) is 5.91 Å². The van der Waals surface area contributed by atoms with Crippen LogP contribution in [0.15, 0.2) is 47.4 Å². The highest BCUT2D eigenvalue weighted by Crippen LogP contribution is 2.40. The summed E-state index contributed by atoms with van der Waals surface area (Å²) in [6.45, 7) is 0. The molecule has 118 valence electrons. The first-order chi connectivity index (χ1) is 11.0. The second kappa shape index (κ2) is 5.09. The number of fused-ring (bicyclic) bond motifs is 1. The van der Waals surface area contributed by atoms with Crippen LogP contribution < -0.4 is 10.0 Å². The standard InChI is InChI=1S/C17H16N2O3S/c20-16-10-13-4-2-6-15(17(13)18-16)19-23(21,22)14-5-1-3-12(9-14)11-7-8-11/h1-6,9,11,19H,7-8,10H2,(H,18,20). The van der Waals surface area contributed by atoms with Gasteiger partial charge in [0.1, 0.15) is 0 Å². The number of hydrogen-bond donors (Lipinski definition) is 2. The Morgan fingerprint density at radius 3 is 2.65 bits per heavy atom. The number of benzene rings is 2. The van der Waals surface area contributed by atoms with E-state index in [0.29, 0.717) is 17.3 Å². The summed E-state index contributed by atoms with van der Waals surface area (Å²) in [6, 6.07) is 12.3. The van der Waals surface area contributed by atoms with E-state index in [9.17, 15) is 13.2 Å². The molecule has 4 rings (SSSR count). The Labute approximate surface area is 134 Å². The van der Waals surface area contributed by atoms with Gasteiger partial charge >= 0.3 is 0 Å². The van der Waals surface area contributed by atoms with Crippen molar-refractivity contribution in [1.82, 2.24) is 0 Å². The zero-order chi connectivity index (χ0) is 16.0. The number of rotatable bonds is 4. The first kappa shape index (κ1) is 14.3. The average Bonchev–Trinajstić information content (AvgIpc) is 3.29. The minimum absolute atomic E-state index is 0.123. The molecule has 1 fully saturated rings. The zero-order valence-electron chi connectivity index (χ0n) is 12.4. The van der Waals surface area contributed by atoms with Gasteiger partial charge in [0.25, 0.3) is 10.0 Å². The summed E-state index contributed by atoms with van der Waals surface area (Å²) >= 11 is 0. The number of hydrogen-bond acceptors (Lipinski definition) is 3. The van der Waals surface area contributed by atoms with Crippen LogP contribution in [0, 0.1) is 0 Å². The molecule has 6 heteroatoms. The van der Waals surface area contributed by atoms with Crippen LogP contribution in [0.5, 0.6) is 0 Å². The molecule has 1 aliphatic carbocycles. The molecule has 0 aromatic heterocycles. The van der Waals surface area contributed by atoms with E-state index in [4.69, 9.17) is 0 Å². The summed E-state index contributed by atoms with van der Waals surface area (Å²) < 4.78 is 27.9. The normalized spacial score (nSPS) is 16.8. The zero-order valence-corrected chi connectivity index (χ0v) is 13.2. The molecule has 2 aromatic rings. The van der Waals surface area contributed by atoms with Gasteiger partial charge < -0.3 is 5.32 Å². The number of sulfonamides is 1. The summed E-state index contributed by atoms with van der Waals surface area (Å²) in [7, 11) is -3.68. The third-order valence-corrected chi connectivity index (χ3v) is 5.59. The third-order valence-electron chi connectivity index (χ3n) is 4.23. The predicted octanol–water partition coefficient (Wildman–Crippen LogP) is 2.86. The predicted molar refractivity (Wildman–Crippen MR) is 88.0 cm³/mol. The first-order valence-electron chi connectivity index (χ1n) is 7.57. The lowest BCUT2D eigenvalue weighted by atomic mass is 10.1. The summed E-state index contributed by atoms with van der Waals surface area (Å²) in [5.74, 6) is 0.368. The lowest BCUT2D eigenvalue weighted by Gasteiger charge is -2.12. The fraction of sp³-hybridized carbons (Fsp3) is 0.235. The van der Waals surface area contributed by atoms with Crippen molar-refractivity contribution in [2.45, 2.75) is 30.1 Å². The molecule has 2 aromatic carbocycles. The Balaban J connectivity index is 1.67. The first-order valence-corrected chi connectivity index (χ1v) is 9.06. The van der Waals surface area contributed by atoms with Crippen molar-refractivity contribution in [1.29, 1.82) is 0 Å². The molecular formula is C17H16N2O3S. The number of anilines is 2. The number of carbonyl (C=O) groups excluding carboxylic acids is 1. The maximum Gasteiger partial charge on any atom is 0.261 e. The van der Waals surface area contributed by atoms with E-state index >= 15 is 0 Å². The minimum Gasteiger partial charge on any atom is -0.324 e. The van der Waals surface area contributed by atoms with Gasteiger partial charge in [0.15, 0.2) is 0 Å². The quantitative estimate of drug-likeness (QED) is 0.906. The van der Waals surface area contributed by atoms with E-state index in [-0.39, 0.29) is 17.2 Å². The molecule has 1 amide bonds. The van der Waals surface area contributed by atoms with E-state index in [1.54, 1.807) is 30.3 Å². The summed E-state index contributed by atoms with van der Waals surface area (Å²) in [4.78, 5) is 11.8. The van der Waals surface area contributed by atoms with Gasteiger partial charge in [-0.3, -0.25) is 9.52 Å². The van der Waals surface area contributed by atoms with Crippen LogP contribution in [0.4, 0.5) is 11.4 Å². The average molecular weight is 328 g/mol. The molecule has 5 nitrogen and oxygen atoms in total. The van der Waals surface area contributed by atoms with Gasteiger partial charge in [-0.2, -0.15) is 0 Å². The lowest BCUT2D eigenvalue weighted by molar-refractivity contribution is -0.115. The molecule has 1 aliphatic heterocycles. The van der Waals surface area contributed by atoms with Crippen molar-refractivity contribution in [3.63, 3.8) is 0 Å². The number of carbonyl (C=O) groups is 1. The van der Waals surface area contributed by atoms with Crippen molar-refractivity contribution in [3.8, 4) is 0 Å². The highest BCUT2D eigenvalue weighted by molar-refractivity contribution is 7.92. The monoisotopic (exact) mass is 328 g/mol. The van der Waals surface area contributed by atoms with Crippen LogP contribution in [0.25, 0.3) is 0 Å². The van der Waals surface area contributed by atoms with Crippen LogP contribution in [0.2, 0.25) is 0 Å². The van der Waals surface area contributed by atoms with Gasteiger partial charge in [0, 0.05) is 0 Å². The fourth-order valence-corrected chi connectivity index (χ4v) is 4.02. The van der Waals surface area contributed by atoms with E-state index < -0.39 is 10.0 Å². The Morgan fingerprint density at radius 2 is 1.87 bits per heavy atom. The van der Waals surface area contributed by atoms with E-state index in [2.05, 4.69) is 10.0 Å². The highest BCUT2D eigenvalue weighted by atomic mass is 32.2. The van der Waals surface area contributed by atoms with Crippen molar-refractivity contribution < 1.29 is 13.2 Å². The third kappa shape index (κ3) is 2.70. The number of amides is 1. The molecule has 0 spiro atoms. The highest BCUT2D eigenvalue weighted by Gasteiger charge is 2.26. The molecule has 0 unspecified atom stereocenters. The van der Waals surface area contributed by atoms with Crippen molar-refractivity contribution >= 4 is 27.3 Å². The van der Waals surface area contributed by atoms with E-state index in [0.717, 1.165) is 24.0 Å². The molecule has 0 bridgehead atoms. The smallest absolute Gasteiger partial charge is 0.261 e. The van der Waals surface area contributed by atoms with Crippen LogP contribution in [-0.2, 0) is 21.2 Å². The van der Waals surface area contributed by atoms with Crippen LogP contribution >= 0.6 is 0 Å². The van der Waals surface area contributed by atoms with Crippen molar-refractivity contribution in [3.05, 3.63) is 53.6 Å². The van der Waals surface area contributed by atoms with Gasteiger partial charge in [0.05, 0.1) is 22.7 Å². The molecule has 0 saturated heterocycles. The van der Waals surface area contributed by atoms with Crippen LogP contribution in [0.3, 0.4) is 0 Å². The van der Waals surface area contributed by atoms with Crippen molar-refractivity contribution in [2.24, 2.45) is 0 Å². The second-order valence-corrected chi connectivity index (χ2v) is 7.70. The minimum atomic E-state index is -3.68. The van der Waals surface area contributed by atoms with Crippen molar-refractivity contribution in [2.75, 3.05) is 10.0 Å². The topological polar surface area (TPSA) is 75.3 Å². The molecule has 0 radical (unpaired) electrons. The molecule has 23 heavy (non-hydrogen) atoms. The Morgan fingerprint density at radius 1 is 1.09 bits per heavy atom. The van der Waals surface area contributed by atoms with Gasteiger partial charge in [-0.15, -0.1) is 0 Å². The molecule has 2 aliphatic rings. The lowest BCUT2D eigenvalue weighted by Crippen LogP contribution is -2.14. The molecule has 1 heterocycles. The fourth-order valence-electron chi connectivity index (χ4n) is 2.89. The maximum atomic E-state index is 12.7. The second-order valence-electron chi connectivity index (χ2n) is 6.02. The number of para-hydroxylation sites is 1. The van der Waals surface area contributed by atoms with E-state index in [1.807, 2.05) is 12.1 Å². The van der Waals surface area contributed by atoms with Gasteiger partial charge in [-0.1, -0.05) is 24.3 Å². The summed E-state index contributed by atoms with van der Waals surface area (Å²) in [6.07, 6.45) is 2.52. The Bertz CT molecular complexity index is 902. The Kier molecular flexibility index (Phi) is 3.16. The molecular weight excluding hydrogens is 312 g/mol.